The van der Waals surface area contributed by atoms with Crippen molar-refractivity contribution in [2.24, 2.45) is 0 Å². The Kier molecular flexibility index (Phi) is 7.45. The molecule has 0 spiro atoms. The number of benzene rings is 8. The zero-order chi connectivity index (χ0) is 39.3. The summed E-state index contributed by atoms with van der Waals surface area (Å²) in [5.41, 5.74) is 14.3. The first-order valence-corrected chi connectivity index (χ1v) is 24.7. The first-order valence-electron chi connectivity index (χ1n) is 20.5. The summed E-state index contributed by atoms with van der Waals surface area (Å²) in [5, 5.41) is 2.54. The molecule has 3 heterocycles. The Morgan fingerprint density at radius 3 is 1.78 bits per heavy atom. The molecule has 2 aliphatic rings. The number of hydrogen-bond donors (Lipinski definition) is 0. The van der Waals surface area contributed by atoms with Gasteiger partial charge in [-0.15, -0.1) is 0 Å². The monoisotopic (exact) mass is 815 g/mol. The van der Waals surface area contributed by atoms with Crippen molar-refractivity contribution in [1.82, 2.24) is 14.5 Å². The molecule has 12 rings (SSSR count). The van der Waals surface area contributed by atoms with Gasteiger partial charge in [0.2, 0.25) is 0 Å². The molecule has 0 radical (unpaired) electrons. The second kappa shape index (κ2) is 12.8. The zero-order valence-electron chi connectivity index (χ0n) is 32.9. The average molecular weight is 815 g/mol. The molecule has 0 N–H and O–H groups in total. The fourth-order valence-electron chi connectivity index (χ4n) is 10.5. The van der Waals surface area contributed by atoms with Crippen molar-refractivity contribution < 1.29 is 0 Å². The van der Waals surface area contributed by atoms with E-state index in [1.165, 1.54) is 67.2 Å². The second-order valence-electron chi connectivity index (χ2n) is 16.5. The van der Waals surface area contributed by atoms with E-state index in [-0.39, 0.29) is 5.41 Å². The first-order chi connectivity index (χ1) is 29.0. The molecule has 2 aromatic heterocycles. The summed E-state index contributed by atoms with van der Waals surface area (Å²) >= 11 is -3.92. The van der Waals surface area contributed by atoms with Gasteiger partial charge in [0.15, 0.2) is 0 Å². The minimum atomic E-state index is -3.92. The number of fused-ring (bicyclic) bond motifs is 10. The molecule has 0 saturated heterocycles. The van der Waals surface area contributed by atoms with Gasteiger partial charge < -0.3 is 0 Å². The molecular formula is C55H39GeN3. The summed E-state index contributed by atoms with van der Waals surface area (Å²) < 4.78 is 7.96. The molecule has 0 atom stereocenters. The van der Waals surface area contributed by atoms with Gasteiger partial charge in [-0.05, 0) is 0 Å². The van der Waals surface area contributed by atoms with E-state index in [2.05, 4.69) is 219 Å². The molecule has 0 bridgehead atoms. The molecule has 0 amide bonds. The number of para-hydroxylation sites is 1. The van der Waals surface area contributed by atoms with Crippen LogP contribution in [0, 0.1) is 0 Å². The van der Waals surface area contributed by atoms with Crippen molar-refractivity contribution in [3.05, 3.63) is 211 Å². The Labute approximate surface area is 346 Å². The van der Waals surface area contributed by atoms with Crippen molar-refractivity contribution in [3.8, 4) is 50.7 Å². The van der Waals surface area contributed by atoms with Gasteiger partial charge in [0, 0.05) is 0 Å². The van der Waals surface area contributed by atoms with Gasteiger partial charge in [-0.1, -0.05) is 0 Å². The van der Waals surface area contributed by atoms with Gasteiger partial charge in [0.05, 0.1) is 0 Å². The fourth-order valence-corrected chi connectivity index (χ4v) is 21.5. The van der Waals surface area contributed by atoms with E-state index in [1.54, 1.807) is 0 Å². The van der Waals surface area contributed by atoms with E-state index in [1.807, 2.05) is 0 Å². The Morgan fingerprint density at radius 1 is 0.475 bits per heavy atom. The number of hydrogen-bond acceptors (Lipinski definition) is 2. The Bertz CT molecular complexity index is 3240. The van der Waals surface area contributed by atoms with Crippen LogP contribution >= 0.6 is 0 Å². The van der Waals surface area contributed by atoms with Crippen LogP contribution in [-0.4, -0.2) is 27.8 Å². The molecule has 1 aliphatic heterocycles. The topological polar surface area (TPSA) is 30.7 Å². The number of aromatic nitrogens is 3. The van der Waals surface area contributed by atoms with Crippen LogP contribution in [0.25, 0.3) is 72.5 Å². The van der Waals surface area contributed by atoms with Crippen LogP contribution in [0.4, 0.5) is 0 Å². The minimum absolute atomic E-state index is 0.116. The van der Waals surface area contributed by atoms with Gasteiger partial charge in [0.25, 0.3) is 0 Å². The molecule has 4 heteroatoms. The SMILES string of the molecule is CC1(C)c2ccccc2-c2c1ccc1c3ccccc3n(-c3ccc4[c](c3)[Ge]([c]3ccccc3)([c]3ccccc3)[c]3c(-c5ccccc5)nc(-c5ccccc5)nc3-4)c21. The average Bonchev–Trinajstić information content (AvgIpc) is 3.88. The van der Waals surface area contributed by atoms with Crippen molar-refractivity contribution in [1.29, 1.82) is 0 Å². The standard InChI is InChI=1S/C55H39GeN3/c1-55(2)45-29-17-15-28-43(45)49-46(55)34-33-42-41-27-16-18-30-48(41)59(53(42)49)40-31-32-44-47(35-40)56(38-23-11-5-12-24-38,39-25-13-6-14-26-39)50-51(36-19-7-3-8-20-36)57-54(58-52(44)50)37-21-9-4-10-22-37/h3-35H,1-2H3. The Balaban J connectivity index is 1.24. The normalized spacial score (nSPS) is 14.2. The second-order valence-corrected chi connectivity index (χ2v) is 24.2. The number of nitrogens with zero attached hydrogens (tertiary/aromatic N) is 3. The molecule has 10 aromatic rings. The van der Waals surface area contributed by atoms with Gasteiger partial charge in [0.1, 0.15) is 0 Å². The fraction of sp³-hybridized carbons (Fsp3) is 0.0545. The first kappa shape index (κ1) is 34.2. The van der Waals surface area contributed by atoms with Gasteiger partial charge in [-0.3, -0.25) is 0 Å². The Morgan fingerprint density at radius 2 is 1.07 bits per heavy atom. The predicted molar refractivity (Wildman–Crippen MR) is 247 cm³/mol. The van der Waals surface area contributed by atoms with Crippen LogP contribution in [-0.2, 0) is 5.41 Å². The van der Waals surface area contributed by atoms with Crippen LogP contribution in [0.5, 0.6) is 0 Å². The molecular weight excluding hydrogens is 775 g/mol. The van der Waals surface area contributed by atoms with E-state index in [4.69, 9.17) is 9.97 Å². The van der Waals surface area contributed by atoms with Crippen LogP contribution in [0.3, 0.4) is 0 Å². The molecule has 0 fully saturated rings. The molecule has 0 unspecified atom stereocenters. The van der Waals surface area contributed by atoms with E-state index < -0.39 is 13.3 Å². The van der Waals surface area contributed by atoms with Crippen molar-refractivity contribution in [3.63, 3.8) is 0 Å². The Hall–Kier alpha value is -6.82. The predicted octanol–water partition coefficient (Wildman–Crippen LogP) is 10.6. The maximum absolute atomic E-state index is 5.61. The summed E-state index contributed by atoms with van der Waals surface area (Å²) in [4.78, 5) is 11.2. The summed E-state index contributed by atoms with van der Waals surface area (Å²) in [5.74, 6) is 0.747. The van der Waals surface area contributed by atoms with E-state index in [0.29, 0.717) is 0 Å². The summed E-state index contributed by atoms with van der Waals surface area (Å²) in [6.07, 6.45) is 0. The summed E-state index contributed by atoms with van der Waals surface area (Å²) in [6, 6.07) is 73.8. The maximum atomic E-state index is 5.61. The molecule has 1 aliphatic carbocycles. The van der Waals surface area contributed by atoms with Gasteiger partial charge in [-0.2, -0.15) is 0 Å². The zero-order valence-corrected chi connectivity index (χ0v) is 35.0. The molecule has 59 heavy (non-hydrogen) atoms. The van der Waals surface area contributed by atoms with E-state index in [0.717, 1.165) is 34.0 Å². The van der Waals surface area contributed by atoms with Crippen LogP contribution in [0.2, 0.25) is 0 Å². The third kappa shape index (κ3) is 4.77. The van der Waals surface area contributed by atoms with Crippen LogP contribution < -0.4 is 17.6 Å². The molecule has 0 saturated carbocycles. The van der Waals surface area contributed by atoms with E-state index >= 15 is 0 Å². The third-order valence-electron chi connectivity index (χ3n) is 13.1. The number of rotatable bonds is 5. The van der Waals surface area contributed by atoms with Crippen molar-refractivity contribution >= 4 is 52.7 Å². The van der Waals surface area contributed by atoms with E-state index in [9.17, 15) is 0 Å². The molecule has 8 aromatic carbocycles. The summed E-state index contributed by atoms with van der Waals surface area (Å²) in [6.45, 7) is 4.75. The third-order valence-corrected chi connectivity index (χ3v) is 23.2. The molecule has 278 valence electrons. The van der Waals surface area contributed by atoms with Crippen LogP contribution in [0.1, 0.15) is 25.0 Å². The summed E-state index contributed by atoms with van der Waals surface area (Å²) in [7, 11) is 0. The van der Waals surface area contributed by atoms with Gasteiger partial charge in [-0.25, -0.2) is 0 Å². The van der Waals surface area contributed by atoms with Crippen molar-refractivity contribution in [2.75, 3.05) is 0 Å². The van der Waals surface area contributed by atoms with Crippen molar-refractivity contribution in [2.45, 2.75) is 19.3 Å². The molecule has 3 nitrogen and oxygen atoms in total. The van der Waals surface area contributed by atoms with Crippen LogP contribution in [0.15, 0.2) is 200 Å². The quantitative estimate of drug-likeness (QED) is 0.162. The van der Waals surface area contributed by atoms with Gasteiger partial charge >= 0.3 is 348 Å².